The maximum absolute atomic E-state index is 11.8. The third-order valence-electron chi connectivity index (χ3n) is 2.50. The van der Waals surface area contributed by atoms with Crippen LogP contribution in [0.25, 0.3) is 0 Å². The normalized spacial score (nSPS) is 10.3. The first-order valence-corrected chi connectivity index (χ1v) is 6.01. The van der Waals surface area contributed by atoms with Gasteiger partial charge in [0.05, 0.1) is 30.0 Å². The maximum Gasteiger partial charge on any atom is 0.268 e. The number of anilines is 1. The van der Waals surface area contributed by atoms with E-state index in [9.17, 15) is 4.79 Å². The van der Waals surface area contributed by atoms with Gasteiger partial charge in [-0.25, -0.2) is 4.68 Å². The summed E-state index contributed by atoms with van der Waals surface area (Å²) in [7, 11) is 3.52. The number of aryl methyl sites for hydroxylation is 1. The Bertz CT molecular complexity index is 461. The summed E-state index contributed by atoms with van der Waals surface area (Å²) < 4.78 is 6.33. The molecule has 0 atom stereocenters. The van der Waals surface area contributed by atoms with Crippen molar-refractivity contribution < 1.29 is 4.74 Å². The molecule has 1 heterocycles. The number of aromatic nitrogens is 2. The third-order valence-corrected chi connectivity index (χ3v) is 2.70. The average molecular weight is 270 g/mol. The highest BCUT2D eigenvalue weighted by atomic mass is 32.1. The van der Waals surface area contributed by atoms with Crippen LogP contribution in [0.1, 0.15) is 6.42 Å². The molecule has 0 radical (unpaired) electrons. The number of likely N-dealkylation sites (N-methyl/N-ethyl adjacent to an activating group) is 1. The Morgan fingerprint density at radius 3 is 2.94 bits per heavy atom. The van der Waals surface area contributed by atoms with Gasteiger partial charge in [0, 0.05) is 33.2 Å². The van der Waals surface area contributed by atoms with Crippen molar-refractivity contribution >= 4 is 22.9 Å². The fourth-order valence-electron chi connectivity index (χ4n) is 1.37. The molecule has 0 amide bonds. The molecule has 0 spiro atoms. The maximum atomic E-state index is 11.8. The molecule has 1 aromatic rings. The van der Waals surface area contributed by atoms with Gasteiger partial charge in [0.25, 0.3) is 5.56 Å². The minimum Gasteiger partial charge on any atom is -0.393 e. The molecule has 0 bridgehead atoms. The Morgan fingerprint density at radius 2 is 2.39 bits per heavy atom. The van der Waals surface area contributed by atoms with Crippen molar-refractivity contribution in [1.29, 1.82) is 0 Å². The molecule has 2 N–H and O–H groups in total. The molecule has 0 fully saturated rings. The number of hydrogen-bond acceptors (Lipinski definition) is 5. The smallest absolute Gasteiger partial charge is 0.268 e. The van der Waals surface area contributed by atoms with Gasteiger partial charge < -0.3 is 15.4 Å². The molecule has 1 aromatic heterocycles. The quantitative estimate of drug-likeness (QED) is 0.703. The average Bonchev–Trinajstić information content (AvgIpc) is 2.34. The summed E-state index contributed by atoms with van der Waals surface area (Å²) in [4.78, 5) is 14.1. The number of rotatable bonds is 7. The predicted molar refractivity (Wildman–Crippen MR) is 75.0 cm³/mol. The van der Waals surface area contributed by atoms with E-state index in [0.717, 1.165) is 5.69 Å². The van der Waals surface area contributed by atoms with Gasteiger partial charge in [-0.3, -0.25) is 4.79 Å². The standard InChI is InChI=1S/C11H18N4O2S/c1-14(5-6-17-2)9-7-11(16)15(13-8-9)4-3-10(12)18/h7-8H,3-6H2,1-2H3,(H2,12,18). The fraction of sp³-hybridized carbons (Fsp3) is 0.545. The first kappa shape index (κ1) is 14.6. The lowest BCUT2D eigenvalue weighted by molar-refractivity contribution is 0.206. The van der Waals surface area contributed by atoms with Crippen LogP contribution in [0.2, 0.25) is 0 Å². The van der Waals surface area contributed by atoms with Gasteiger partial charge in [-0.15, -0.1) is 0 Å². The van der Waals surface area contributed by atoms with E-state index in [1.54, 1.807) is 19.4 Å². The van der Waals surface area contributed by atoms with E-state index in [-0.39, 0.29) is 5.56 Å². The SMILES string of the molecule is COCCN(C)c1cnn(CCC(N)=S)c(=O)c1. The molecular weight excluding hydrogens is 252 g/mol. The lowest BCUT2D eigenvalue weighted by Gasteiger charge is -2.18. The van der Waals surface area contributed by atoms with Crippen molar-refractivity contribution in [3.05, 3.63) is 22.6 Å². The van der Waals surface area contributed by atoms with Crippen molar-refractivity contribution in [3.63, 3.8) is 0 Å². The molecule has 7 heteroatoms. The second-order valence-electron chi connectivity index (χ2n) is 3.91. The van der Waals surface area contributed by atoms with Crippen molar-refractivity contribution in [2.45, 2.75) is 13.0 Å². The Hall–Kier alpha value is -1.47. The van der Waals surface area contributed by atoms with Crippen molar-refractivity contribution in [3.8, 4) is 0 Å². The van der Waals surface area contributed by atoms with E-state index < -0.39 is 0 Å². The van der Waals surface area contributed by atoms with Gasteiger partial charge in [-0.1, -0.05) is 12.2 Å². The molecular formula is C11H18N4O2S. The number of nitrogens with zero attached hydrogens (tertiary/aromatic N) is 3. The zero-order valence-electron chi connectivity index (χ0n) is 10.6. The van der Waals surface area contributed by atoms with Gasteiger partial charge in [0.15, 0.2) is 0 Å². The summed E-state index contributed by atoms with van der Waals surface area (Å²) in [6, 6.07) is 1.54. The monoisotopic (exact) mass is 270 g/mol. The summed E-state index contributed by atoms with van der Waals surface area (Å²) >= 11 is 4.77. The van der Waals surface area contributed by atoms with Crippen molar-refractivity contribution in [2.24, 2.45) is 5.73 Å². The molecule has 18 heavy (non-hydrogen) atoms. The largest absolute Gasteiger partial charge is 0.393 e. The van der Waals surface area contributed by atoms with Gasteiger partial charge in [-0.2, -0.15) is 5.10 Å². The topological polar surface area (TPSA) is 73.4 Å². The van der Waals surface area contributed by atoms with E-state index in [2.05, 4.69) is 5.10 Å². The number of thiocarbonyl (C=S) groups is 1. The highest BCUT2D eigenvalue weighted by Gasteiger charge is 2.04. The van der Waals surface area contributed by atoms with E-state index in [1.807, 2.05) is 11.9 Å². The summed E-state index contributed by atoms with van der Waals surface area (Å²) in [5.41, 5.74) is 6.00. The number of methoxy groups -OCH3 is 1. The number of nitrogens with two attached hydrogens (primary N) is 1. The van der Waals surface area contributed by atoms with Gasteiger partial charge >= 0.3 is 0 Å². The minimum atomic E-state index is -0.159. The third kappa shape index (κ3) is 4.42. The van der Waals surface area contributed by atoms with Crippen LogP contribution in [0, 0.1) is 0 Å². The van der Waals surface area contributed by atoms with Gasteiger partial charge in [0.2, 0.25) is 0 Å². The predicted octanol–water partition coefficient (Wildman–Crippen LogP) is 0.00210. The molecule has 0 aliphatic carbocycles. The van der Waals surface area contributed by atoms with Crippen molar-refractivity contribution in [2.75, 3.05) is 32.2 Å². The van der Waals surface area contributed by atoms with Crippen LogP contribution in [0.15, 0.2) is 17.1 Å². The van der Waals surface area contributed by atoms with Gasteiger partial charge in [-0.05, 0) is 0 Å². The Kier molecular flexibility index (Phi) is 5.73. The van der Waals surface area contributed by atoms with Crippen LogP contribution in [0.3, 0.4) is 0 Å². The van der Waals surface area contributed by atoms with Crippen LogP contribution >= 0.6 is 12.2 Å². The first-order chi connectivity index (χ1) is 8.54. The zero-order chi connectivity index (χ0) is 13.5. The number of hydrogen-bond donors (Lipinski definition) is 1. The lowest BCUT2D eigenvalue weighted by Crippen LogP contribution is -2.28. The molecule has 6 nitrogen and oxygen atoms in total. The highest BCUT2D eigenvalue weighted by Crippen LogP contribution is 2.06. The van der Waals surface area contributed by atoms with Gasteiger partial charge in [0.1, 0.15) is 0 Å². The Morgan fingerprint density at radius 1 is 1.67 bits per heavy atom. The van der Waals surface area contributed by atoms with Crippen LogP contribution < -0.4 is 16.2 Å². The van der Waals surface area contributed by atoms with E-state index in [0.29, 0.717) is 31.1 Å². The molecule has 0 saturated heterocycles. The van der Waals surface area contributed by atoms with E-state index in [4.69, 9.17) is 22.7 Å². The molecule has 0 saturated carbocycles. The zero-order valence-corrected chi connectivity index (χ0v) is 11.4. The highest BCUT2D eigenvalue weighted by molar-refractivity contribution is 7.80. The molecule has 0 aliphatic heterocycles. The van der Waals surface area contributed by atoms with E-state index in [1.165, 1.54) is 4.68 Å². The summed E-state index contributed by atoms with van der Waals surface area (Å²) in [5, 5.41) is 4.09. The fourth-order valence-corrected chi connectivity index (χ4v) is 1.47. The molecule has 100 valence electrons. The molecule has 0 aromatic carbocycles. The van der Waals surface area contributed by atoms with E-state index >= 15 is 0 Å². The molecule has 1 rings (SSSR count). The molecule has 0 unspecified atom stereocenters. The van der Waals surface area contributed by atoms with Crippen LogP contribution in [-0.2, 0) is 11.3 Å². The summed E-state index contributed by atoms with van der Waals surface area (Å²) in [5.74, 6) is 0. The second-order valence-corrected chi connectivity index (χ2v) is 4.43. The van der Waals surface area contributed by atoms with Crippen LogP contribution in [0.4, 0.5) is 5.69 Å². The van der Waals surface area contributed by atoms with Crippen LogP contribution in [-0.4, -0.2) is 42.1 Å². The Balaban J connectivity index is 2.72. The van der Waals surface area contributed by atoms with Crippen LogP contribution in [0.5, 0.6) is 0 Å². The second kappa shape index (κ2) is 7.07. The summed E-state index contributed by atoms with van der Waals surface area (Å²) in [6.07, 6.45) is 2.12. The lowest BCUT2D eigenvalue weighted by atomic mass is 10.4. The minimum absolute atomic E-state index is 0.159. The Labute approximate surface area is 111 Å². The first-order valence-electron chi connectivity index (χ1n) is 5.60. The number of ether oxygens (including phenoxy) is 1. The summed E-state index contributed by atoms with van der Waals surface area (Å²) in [6.45, 7) is 1.71. The van der Waals surface area contributed by atoms with Crippen molar-refractivity contribution in [1.82, 2.24) is 9.78 Å². The molecule has 0 aliphatic rings.